The van der Waals surface area contributed by atoms with Gasteiger partial charge in [0.25, 0.3) is 0 Å². The molecule has 17 heavy (non-hydrogen) atoms. The van der Waals surface area contributed by atoms with Crippen molar-refractivity contribution in [1.82, 2.24) is 5.32 Å². The van der Waals surface area contributed by atoms with Crippen molar-refractivity contribution in [3.8, 4) is 0 Å². The van der Waals surface area contributed by atoms with E-state index in [1.807, 2.05) is 6.07 Å². The predicted molar refractivity (Wildman–Crippen MR) is 70.6 cm³/mol. The molecule has 1 amide bonds. The van der Waals surface area contributed by atoms with E-state index in [0.717, 1.165) is 18.8 Å². The van der Waals surface area contributed by atoms with Gasteiger partial charge in [0.05, 0.1) is 11.4 Å². The lowest BCUT2D eigenvalue weighted by Gasteiger charge is -2.25. The van der Waals surface area contributed by atoms with E-state index in [0.29, 0.717) is 11.7 Å². The van der Waals surface area contributed by atoms with E-state index in [1.165, 1.54) is 23.3 Å². The molecule has 1 saturated heterocycles. The number of anilines is 1. The molecule has 1 unspecified atom stereocenters. The van der Waals surface area contributed by atoms with Crippen LogP contribution in [0.15, 0.2) is 23.1 Å². The van der Waals surface area contributed by atoms with Gasteiger partial charge in [0.1, 0.15) is 0 Å². The number of hydrogen-bond donors (Lipinski definition) is 2. The van der Waals surface area contributed by atoms with Crippen molar-refractivity contribution in [2.75, 3.05) is 24.2 Å². The maximum Gasteiger partial charge on any atom is 0.234 e. The summed E-state index contributed by atoms with van der Waals surface area (Å²) >= 11 is 1.64. The maximum atomic E-state index is 11.3. The highest BCUT2D eigenvalue weighted by molar-refractivity contribution is 8.00. The number of carbonyl (C=O) groups excluding carboxylic acids is 1. The minimum atomic E-state index is 0.106. The second-order valence-electron chi connectivity index (χ2n) is 4.64. The second kappa shape index (κ2) is 4.70. The summed E-state index contributed by atoms with van der Waals surface area (Å²) in [7, 11) is 0. The highest BCUT2D eigenvalue weighted by Crippen LogP contribution is 2.35. The predicted octanol–water partition coefficient (Wildman–Crippen LogP) is 2.20. The standard InChI is InChI=1S/C13H16N2OS/c16-13-8-17-12-6-9(3-4-11(12)15-13)10-2-1-5-14-7-10/h3-4,6,10,14H,1-2,5,7-8H2,(H,15,16). The first-order valence-electron chi connectivity index (χ1n) is 6.10. The molecule has 2 aliphatic rings. The van der Waals surface area contributed by atoms with Gasteiger partial charge < -0.3 is 10.6 Å². The van der Waals surface area contributed by atoms with E-state index < -0.39 is 0 Å². The first kappa shape index (κ1) is 11.1. The molecule has 0 aromatic heterocycles. The van der Waals surface area contributed by atoms with E-state index in [9.17, 15) is 4.79 Å². The summed E-state index contributed by atoms with van der Waals surface area (Å²) in [6.07, 6.45) is 2.52. The molecule has 1 aromatic carbocycles. The van der Waals surface area contributed by atoms with E-state index in [-0.39, 0.29) is 5.91 Å². The molecule has 4 heteroatoms. The average Bonchev–Trinajstić information content (AvgIpc) is 2.39. The van der Waals surface area contributed by atoms with Crippen molar-refractivity contribution in [2.45, 2.75) is 23.7 Å². The van der Waals surface area contributed by atoms with E-state index >= 15 is 0 Å². The number of rotatable bonds is 1. The molecular formula is C13H16N2OS. The Hall–Kier alpha value is -1.00. The van der Waals surface area contributed by atoms with Gasteiger partial charge in [-0.05, 0) is 43.0 Å². The topological polar surface area (TPSA) is 41.1 Å². The van der Waals surface area contributed by atoms with Crippen LogP contribution in [0, 0.1) is 0 Å². The Bertz CT molecular complexity index is 441. The summed E-state index contributed by atoms with van der Waals surface area (Å²) in [6.45, 7) is 2.22. The molecule has 3 nitrogen and oxygen atoms in total. The number of hydrogen-bond acceptors (Lipinski definition) is 3. The lowest BCUT2D eigenvalue weighted by atomic mass is 9.91. The van der Waals surface area contributed by atoms with Crippen molar-refractivity contribution in [1.29, 1.82) is 0 Å². The SMILES string of the molecule is O=C1CSc2cc(C3CCCNC3)ccc2N1. The summed E-state index contributed by atoms with van der Waals surface area (Å²) in [5.41, 5.74) is 2.37. The molecule has 2 aliphatic heterocycles. The molecule has 1 aromatic rings. The molecule has 0 aliphatic carbocycles. The van der Waals surface area contributed by atoms with E-state index in [2.05, 4.69) is 22.8 Å². The molecule has 0 spiro atoms. The number of amides is 1. The zero-order chi connectivity index (χ0) is 11.7. The summed E-state index contributed by atoms with van der Waals surface area (Å²) in [5, 5.41) is 6.36. The molecule has 0 saturated carbocycles. The average molecular weight is 248 g/mol. The summed E-state index contributed by atoms with van der Waals surface area (Å²) in [4.78, 5) is 12.5. The van der Waals surface area contributed by atoms with Gasteiger partial charge in [-0.1, -0.05) is 6.07 Å². The molecule has 1 fully saturated rings. The number of fused-ring (bicyclic) bond motifs is 1. The Balaban J connectivity index is 1.85. The Morgan fingerprint density at radius 2 is 2.29 bits per heavy atom. The minimum Gasteiger partial charge on any atom is -0.324 e. The minimum absolute atomic E-state index is 0.106. The molecule has 0 bridgehead atoms. The lowest BCUT2D eigenvalue weighted by Crippen LogP contribution is -2.28. The third-order valence-electron chi connectivity index (χ3n) is 3.41. The third-order valence-corrected chi connectivity index (χ3v) is 4.46. The van der Waals surface area contributed by atoms with Gasteiger partial charge in [-0.25, -0.2) is 0 Å². The maximum absolute atomic E-state index is 11.3. The highest BCUT2D eigenvalue weighted by atomic mass is 32.2. The van der Waals surface area contributed by atoms with Crippen LogP contribution in [0.5, 0.6) is 0 Å². The van der Waals surface area contributed by atoms with Crippen molar-refractivity contribution < 1.29 is 4.79 Å². The zero-order valence-corrected chi connectivity index (χ0v) is 10.5. The van der Waals surface area contributed by atoms with Gasteiger partial charge in [-0.15, -0.1) is 11.8 Å². The fourth-order valence-corrected chi connectivity index (χ4v) is 3.33. The first-order valence-corrected chi connectivity index (χ1v) is 7.09. The van der Waals surface area contributed by atoms with E-state index in [1.54, 1.807) is 11.8 Å². The smallest absolute Gasteiger partial charge is 0.234 e. The summed E-state index contributed by atoms with van der Waals surface area (Å²) in [5.74, 6) is 1.28. The van der Waals surface area contributed by atoms with Gasteiger partial charge in [0.2, 0.25) is 5.91 Å². The monoisotopic (exact) mass is 248 g/mol. The summed E-state index contributed by atoms with van der Waals surface area (Å²) < 4.78 is 0. The number of benzene rings is 1. The Kier molecular flexibility index (Phi) is 3.07. The van der Waals surface area contributed by atoms with Crippen molar-refractivity contribution in [3.05, 3.63) is 23.8 Å². The first-order chi connectivity index (χ1) is 8.33. The van der Waals surface area contributed by atoms with Gasteiger partial charge >= 0.3 is 0 Å². The Labute approximate surface area is 105 Å². The largest absolute Gasteiger partial charge is 0.324 e. The molecule has 3 rings (SSSR count). The van der Waals surface area contributed by atoms with Gasteiger partial charge in [-0.2, -0.15) is 0 Å². The van der Waals surface area contributed by atoms with Crippen molar-refractivity contribution >= 4 is 23.4 Å². The normalized spacial score (nSPS) is 24.0. The van der Waals surface area contributed by atoms with Crippen LogP contribution in [-0.4, -0.2) is 24.7 Å². The van der Waals surface area contributed by atoms with Crippen LogP contribution >= 0.6 is 11.8 Å². The van der Waals surface area contributed by atoms with Gasteiger partial charge in [-0.3, -0.25) is 4.79 Å². The van der Waals surface area contributed by atoms with Crippen LogP contribution in [0.2, 0.25) is 0 Å². The number of nitrogens with one attached hydrogen (secondary N) is 2. The Morgan fingerprint density at radius 3 is 3.12 bits per heavy atom. The number of carbonyl (C=O) groups is 1. The summed E-state index contributed by atoms with van der Waals surface area (Å²) in [6, 6.07) is 6.45. The fraction of sp³-hybridized carbons (Fsp3) is 0.462. The van der Waals surface area contributed by atoms with E-state index in [4.69, 9.17) is 0 Å². The molecule has 2 heterocycles. The van der Waals surface area contributed by atoms with Crippen molar-refractivity contribution in [2.24, 2.45) is 0 Å². The Morgan fingerprint density at radius 1 is 1.35 bits per heavy atom. The van der Waals surface area contributed by atoms with Crippen LogP contribution < -0.4 is 10.6 Å². The molecule has 1 atom stereocenters. The molecule has 2 N–H and O–H groups in total. The zero-order valence-electron chi connectivity index (χ0n) is 9.66. The molecule has 90 valence electrons. The van der Waals surface area contributed by atoms with Crippen LogP contribution in [0.25, 0.3) is 0 Å². The number of thioether (sulfide) groups is 1. The van der Waals surface area contributed by atoms with Crippen LogP contribution in [0.4, 0.5) is 5.69 Å². The van der Waals surface area contributed by atoms with Crippen LogP contribution in [-0.2, 0) is 4.79 Å². The van der Waals surface area contributed by atoms with Gasteiger partial charge in [0, 0.05) is 11.4 Å². The fourth-order valence-electron chi connectivity index (χ4n) is 2.48. The second-order valence-corrected chi connectivity index (χ2v) is 5.65. The van der Waals surface area contributed by atoms with Gasteiger partial charge in [0.15, 0.2) is 0 Å². The quantitative estimate of drug-likeness (QED) is 0.800. The van der Waals surface area contributed by atoms with Crippen molar-refractivity contribution in [3.63, 3.8) is 0 Å². The third kappa shape index (κ3) is 2.33. The molecule has 0 radical (unpaired) electrons. The van der Waals surface area contributed by atoms with Crippen LogP contribution in [0.3, 0.4) is 0 Å². The molecular weight excluding hydrogens is 232 g/mol. The lowest BCUT2D eigenvalue weighted by molar-refractivity contribution is -0.113. The highest BCUT2D eigenvalue weighted by Gasteiger charge is 2.19. The van der Waals surface area contributed by atoms with Crippen LogP contribution in [0.1, 0.15) is 24.3 Å². The number of piperidine rings is 1.